The van der Waals surface area contributed by atoms with Gasteiger partial charge in [0.1, 0.15) is 5.69 Å². The number of hydrogen-bond acceptors (Lipinski definition) is 2. The molecule has 0 spiro atoms. The molecule has 0 aromatic heterocycles. The van der Waals surface area contributed by atoms with E-state index in [1.807, 2.05) is 0 Å². The number of nitrogen functional groups attached to an aromatic ring is 1. The summed E-state index contributed by atoms with van der Waals surface area (Å²) in [7, 11) is 1.72. The van der Waals surface area contributed by atoms with Crippen LogP contribution in [0.3, 0.4) is 0 Å². The van der Waals surface area contributed by atoms with Crippen LogP contribution in [-0.2, 0) is 0 Å². The number of halogens is 2. The first-order valence-corrected chi connectivity index (χ1v) is 5.53. The Morgan fingerprint density at radius 3 is 2.31 bits per heavy atom. The van der Waals surface area contributed by atoms with Crippen LogP contribution in [0.15, 0.2) is 12.1 Å². The lowest BCUT2D eigenvalue weighted by molar-refractivity contribution is 0.320. The van der Waals surface area contributed by atoms with Crippen molar-refractivity contribution in [1.82, 2.24) is 0 Å². The number of benzene rings is 1. The molecular weight excluding hydrogens is 210 g/mol. The minimum Gasteiger partial charge on any atom is -0.399 e. The van der Waals surface area contributed by atoms with Crippen LogP contribution in [0.4, 0.5) is 20.2 Å². The van der Waals surface area contributed by atoms with Gasteiger partial charge in [0.25, 0.3) is 0 Å². The zero-order valence-corrected chi connectivity index (χ0v) is 9.34. The Morgan fingerprint density at radius 1 is 1.31 bits per heavy atom. The highest BCUT2D eigenvalue weighted by Crippen LogP contribution is 2.31. The first-order valence-electron chi connectivity index (χ1n) is 5.53. The van der Waals surface area contributed by atoms with Crippen LogP contribution in [0.25, 0.3) is 0 Å². The number of anilines is 2. The third kappa shape index (κ3) is 2.10. The summed E-state index contributed by atoms with van der Waals surface area (Å²) < 4.78 is 27.1. The highest BCUT2D eigenvalue weighted by Gasteiger charge is 2.22. The fraction of sp³-hybridized carbons (Fsp3) is 0.500. The second-order valence-corrected chi connectivity index (χ2v) is 4.51. The Morgan fingerprint density at radius 2 is 1.88 bits per heavy atom. The lowest BCUT2D eigenvalue weighted by Gasteiger charge is -2.31. The van der Waals surface area contributed by atoms with Gasteiger partial charge in [-0.1, -0.05) is 6.42 Å². The molecule has 16 heavy (non-hydrogen) atoms. The van der Waals surface area contributed by atoms with Crippen molar-refractivity contribution in [2.45, 2.75) is 19.3 Å². The Hall–Kier alpha value is -1.32. The summed E-state index contributed by atoms with van der Waals surface area (Å²) in [6.07, 6.45) is 3.54. The van der Waals surface area contributed by atoms with Gasteiger partial charge in [-0.25, -0.2) is 8.78 Å². The molecule has 4 heteroatoms. The maximum absolute atomic E-state index is 13.6. The van der Waals surface area contributed by atoms with Crippen LogP contribution >= 0.6 is 0 Å². The van der Waals surface area contributed by atoms with E-state index in [0.717, 1.165) is 25.0 Å². The number of hydrogen-bond donors (Lipinski definition) is 1. The van der Waals surface area contributed by atoms with Crippen molar-refractivity contribution in [3.05, 3.63) is 23.8 Å². The van der Waals surface area contributed by atoms with Gasteiger partial charge in [-0.3, -0.25) is 0 Å². The third-order valence-electron chi connectivity index (χ3n) is 3.18. The Bertz CT molecular complexity index is 366. The largest absolute Gasteiger partial charge is 0.399 e. The van der Waals surface area contributed by atoms with Crippen molar-refractivity contribution >= 4 is 11.4 Å². The molecule has 0 atom stereocenters. The standard InChI is InChI=1S/C12H16F2N2/c1-16(7-8-3-2-4-8)12-10(13)5-9(15)6-11(12)14/h5-6,8H,2-4,7,15H2,1H3. The fourth-order valence-electron chi connectivity index (χ4n) is 2.10. The van der Waals surface area contributed by atoms with Crippen molar-refractivity contribution in [1.29, 1.82) is 0 Å². The Kier molecular flexibility index (Phi) is 2.99. The molecule has 1 aromatic rings. The van der Waals surface area contributed by atoms with Crippen LogP contribution in [0.5, 0.6) is 0 Å². The summed E-state index contributed by atoms with van der Waals surface area (Å²) in [5, 5.41) is 0. The first kappa shape index (κ1) is 11.2. The number of rotatable bonds is 3. The monoisotopic (exact) mass is 226 g/mol. The fourth-order valence-corrected chi connectivity index (χ4v) is 2.10. The van der Waals surface area contributed by atoms with Crippen molar-refractivity contribution in [3.8, 4) is 0 Å². The molecule has 88 valence electrons. The second-order valence-electron chi connectivity index (χ2n) is 4.51. The van der Waals surface area contributed by atoms with E-state index in [4.69, 9.17) is 5.73 Å². The molecule has 0 aliphatic heterocycles. The van der Waals surface area contributed by atoms with Crippen LogP contribution in [0.1, 0.15) is 19.3 Å². The summed E-state index contributed by atoms with van der Waals surface area (Å²) in [4.78, 5) is 1.65. The van der Waals surface area contributed by atoms with E-state index in [-0.39, 0.29) is 11.4 Å². The minimum atomic E-state index is -0.584. The SMILES string of the molecule is CN(CC1CCC1)c1c(F)cc(N)cc1F. The molecule has 1 aliphatic carbocycles. The van der Waals surface area contributed by atoms with Crippen molar-refractivity contribution in [2.75, 3.05) is 24.2 Å². The average Bonchev–Trinajstić information content (AvgIpc) is 2.09. The van der Waals surface area contributed by atoms with Crippen molar-refractivity contribution in [3.63, 3.8) is 0 Å². The number of nitrogens with two attached hydrogens (primary N) is 1. The quantitative estimate of drug-likeness (QED) is 0.803. The van der Waals surface area contributed by atoms with E-state index in [0.29, 0.717) is 12.5 Å². The van der Waals surface area contributed by atoms with Crippen LogP contribution < -0.4 is 10.6 Å². The zero-order chi connectivity index (χ0) is 11.7. The molecule has 1 fully saturated rings. The molecule has 0 radical (unpaired) electrons. The van der Waals surface area contributed by atoms with E-state index >= 15 is 0 Å². The molecule has 0 saturated heterocycles. The third-order valence-corrected chi connectivity index (χ3v) is 3.18. The maximum Gasteiger partial charge on any atom is 0.151 e. The molecular formula is C12H16F2N2. The summed E-state index contributed by atoms with van der Waals surface area (Å²) >= 11 is 0. The number of nitrogens with zero attached hydrogens (tertiary/aromatic N) is 1. The highest BCUT2D eigenvalue weighted by atomic mass is 19.1. The predicted octanol–water partition coefficient (Wildman–Crippen LogP) is 2.78. The van der Waals surface area contributed by atoms with E-state index in [1.165, 1.54) is 6.42 Å². The van der Waals surface area contributed by atoms with Crippen LogP contribution in [-0.4, -0.2) is 13.6 Å². The lowest BCUT2D eigenvalue weighted by atomic mass is 9.85. The molecule has 0 bridgehead atoms. The maximum atomic E-state index is 13.6. The average molecular weight is 226 g/mol. The molecule has 2 N–H and O–H groups in total. The van der Waals surface area contributed by atoms with Gasteiger partial charge >= 0.3 is 0 Å². The van der Waals surface area contributed by atoms with E-state index in [9.17, 15) is 8.78 Å². The zero-order valence-electron chi connectivity index (χ0n) is 9.34. The van der Waals surface area contributed by atoms with Crippen molar-refractivity contribution < 1.29 is 8.78 Å². The lowest BCUT2D eigenvalue weighted by Crippen LogP contribution is -2.30. The molecule has 0 amide bonds. The Balaban J connectivity index is 2.17. The van der Waals surface area contributed by atoms with Crippen molar-refractivity contribution in [2.24, 2.45) is 5.92 Å². The summed E-state index contributed by atoms with van der Waals surface area (Å²) in [6, 6.07) is 2.32. The molecule has 1 saturated carbocycles. The molecule has 2 rings (SSSR count). The van der Waals surface area contributed by atoms with E-state index in [1.54, 1.807) is 11.9 Å². The smallest absolute Gasteiger partial charge is 0.151 e. The van der Waals surface area contributed by atoms with E-state index in [2.05, 4.69) is 0 Å². The predicted molar refractivity (Wildman–Crippen MR) is 61.4 cm³/mol. The van der Waals surface area contributed by atoms with Gasteiger partial charge in [0.15, 0.2) is 11.6 Å². The highest BCUT2D eigenvalue weighted by molar-refractivity contribution is 5.55. The van der Waals surface area contributed by atoms with Gasteiger partial charge < -0.3 is 10.6 Å². The van der Waals surface area contributed by atoms with Gasteiger partial charge in [0.2, 0.25) is 0 Å². The van der Waals surface area contributed by atoms with Gasteiger partial charge in [-0.2, -0.15) is 0 Å². The molecule has 1 aliphatic rings. The summed E-state index contributed by atoms with van der Waals surface area (Å²) in [6.45, 7) is 0.706. The molecule has 0 unspecified atom stereocenters. The van der Waals surface area contributed by atoms with Gasteiger partial charge in [0, 0.05) is 19.3 Å². The summed E-state index contributed by atoms with van der Waals surface area (Å²) in [5.74, 6) is -0.597. The van der Waals surface area contributed by atoms with Gasteiger partial charge in [-0.05, 0) is 30.9 Å². The molecule has 0 heterocycles. The van der Waals surface area contributed by atoms with Gasteiger partial charge in [0.05, 0.1) is 0 Å². The van der Waals surface area contributed by atoms with Gasteiger partial charge in [-0.15, -0.1) is 0 Å². The normalized spacial score (nSPS) is 15.9. The summed E-state index contributed by atoms with van der Waals surface area (Å²) in [5.41, 5.74) is 5.52. The molecule has 1 aromatic carbocycles. The van der Waals surface area contributed by atoms with Crippen LogP contribution in [0.2, 0.25) is 0 Å². The molecule has 2 nitrogen and oxygen atoms in total. The second kappa shape index (κ2) is 4.28. The minimum absolute atomic E-state index is 0.0288. The topological polar surface area (TPSA) is 29.3 Å². The Labute approximate surface area is 94.0 Å². The van der Waals surface area contributed by atoms with Crippen LogP contribution in [0, 0.1) is 17.6 Å². The van der Waals surface area contributed by atoms with E-state index < -0.39 is 11.6 Å². The first-order chi connectivity index (χ1) is 7.58.